The number of pyridine rings is 1. The molecule has 0 radical (unpaired) electrons. The number of anilines is 1. The number of aryl methyl sites for hydroxylation is 1. The molecule has 3 aromatic rings. The number of carbonyl (C=O) groups is 2. The monoisotopic (exact) mass is 334 g/mol. The summed E-state index contributed by atoms with van der Waals surface area (Å²) in [6, 6.07) is 16.2. The standard InChI is InChI=1S/C20H18N2O3/c1-13-10-19(17-8-3-4-9-18(17)21-13)22-20(24)12-25-16-7-5-6-15(11-16)14(2)23/h3-11H,12H2,1-2H3,(H,21,22,24). The van der Waals surface area contributed by atoms with Gasteiger partial charge in [-0.05, 0) is 38.1 Å². The third-order valence-electron chi connectivity index (χ3n) is 3.73. The fraction of sp³-hybridized carbons (Fsp3) is 0.150. The Balaban J connectivity index is 1.71. The summed E-state index contributed by atoms with van der Waals surface area (Å²) in [7, 11) is 0. The topological polar surface area (TPSA) is 68.3 Å². The molecule has 5 heteroatoms. The second-order valence-corrected chi connectivity index (χ2v) is 5.75. The maximum Gasteiger partial charge on any atom is 0.262 e. The maximum absolute atomic E-state index is 12.2. The Kier molecular flexibility index (Phi) is 4.75. The zero-order chi connectivity index (χ0) is 17.8. The fourth-order valence-electron chi connectivity index (χ4n) is 2.55. The Hall–Kier alpha value is -3.21. The number of Topliss-reactive ketones (excluding diaryl/α,β-unsaturated/α-hetero) is 1. The van der Waals surface area contributed by atoms with Gasteiger partial charge >= 0.3 is 0 Å². The molecule has 0 aliphatic carbocycles. The van der Waals surface area contributed by atoms with Gasteiger partial charge in [-0.15, -0.1) is 0 Å². The smallest absolute Gasteiger partial charge is 0.262 e. The molecule has 1 N–H and O–H groups in total. The van der Waals surface area contributed by atoms with Crippen molar-refractivity contribution in [2.75, 3.05) is 11.9 Å². The van der Waals surface area contributed by atoms with E-state index in [0.29, 0.717) is 17.0 Å². The van der Waals surface area contributed by atoms with Gasteiger partial charge in [0.2, 0.25) is 0 Å². The summed E-state index contributed by atoms with van der Waals surface area (Å²) in [5.74, 6) is 0.163. The molecular weight excluding hydrogens is 316 g/mol. The summed E-state index contributed by atoms with van der Waals surface area (Å²) in [5.41, 5.74) is 2.90. The van der Waals surface area contributed by atoms with Crippen molar-refractivity contribution >= 4 is 28.3 Å². The Labute approximate surface area is 145 Å². The van der Waals surface area contributed by atoms with Gasteiger partial charge in [-0.1, -0.05) is 30.3 Å². The largest absolute Gasteiger partial charge is 0.484 e. The van der Waals surface area contributed by atoms with Crippen molar-refractivity contribution in [3.63, 3.8) is 0 Å². The molecule has 0 aliphatic rings. The summed E-state index contributed by atoms with van der Waals surface area (Å²) >= 11 is 0. The highest BCUT2D eigenvalue weighted by Gasteiger charge is 2.09. The fourth-order valence-corrected chi connectivity index (χ4v) is 2.55. The minimum absolute atomic E-state index is 0.0476. The molecule has 0 atom stereocenters. The van der Waals surface area contributed by atoms with Gasteiger partial charge in [0.25, 0.3) is 5.91 Å². The average Bonchev–Trinajstić information content (AvgIpc) is 2.60. The molecular formula is C20H18N2O3. The number of hydrogen-bond acceptors (Lipinski definition) is 4. The van der Waals surface area contributed by atoms with Crippen LogP contribution in [0.1, 0.15) is 23.0 Å². The predicted octanol–water partition coefficient (Wildman–Crippen LogP) is 3.76. The van der Waals surface area contributed by atoms with Gasteiger partial charge in [0.05, 0.1) is 11.2 Å². The van der Waals surface area contributed by atoms with Crippen molar-refractivity contribution in [3.8, 4) is 5.75 Å². The molecule has 1 amide bonds. The van der Waals surface area contributed by atoms with Crippen LogP contribution in [0, 0.1) is 6.92 Å². The second-order valence-electron chi connectivity index (χ2n) is 5.75. The normalized spacial score (nSPS) is 10.5. The molecule has 2 aromatic carbocycles. The van der Waals surface area contributed by atoms with Crippen LogP contribution in [0.15, 0.2) is 54.6 Å². The predicted molar refractivity (Wildman–Crippen MR) is 97.1 cm³/mol. The lowest BCUT2D eigenvalue weighted by Gasteiger charge is -2.11. The van der Waals surface area contributed by atoms with Gasteiger partial charge < -0.3 is 10.1 Å². The highest BCUT2D eigenvalue weighted by atomic mass is 16.5. The quantitative estimate of drug-likeness (QED) is 0.721. The van der Waals surface area contributed by atoms with Crippen LogP contribution in [0.5, 0.6) is 5.75 Å². The van der Waals surface area contributed by atoms with Crippen molar-refractivity contribution in [1.82, 2.24) is 4.98 Å². The van der Waals surface area contributed by atoms with Crippen molar-refractivity contribution < 1.29 is 14.3 Å². The van der Waals surface area contributed by atoms with Crippen molar-refractivity contribution in [1.29, 1.82) is 0 Å². The van der Waals surface area contributed by atoms with Crippen LogP contribution in [0.4, 0.5) is 5.69 Å². The van der Waals surface area contributed by atoms with Gasteiger partial charge in [-0.25, -0.2) is 0 Å². The number of hydrogen-bond donors (Lipinski definition) is 1. The second kappa shape index (κ2) is 7.13. The molecule has 1 aromatic heterocycles. The third kappa shape index (κ3) is 4.01. The first-order chi connectivity index (χ1) is 12.0. The number of para-hydroxylation sites is 1. The van der Waals surface area contributed by atoms with E-state index in [0.717, 1.165) is 16.6 Å². The molecule has 0 saturated heterocycles. The van der Waals surface area contributed by atoms with Crippen LogP contribution >= 0.6 is 0 Å². The van der Waals surface area contributed by atoms with E-state index >= 15 is 0 Å². The Morgan fingerprint density at radius 3 is 2.68 bits per heavy atom. The van der Waals surface area contributed by atoms with Gasteiger partial charge in [-0.2, -0.15) is 0 Å². The zero-order valence-electron chi connectivity index (χ0n) is 14.1. The van der Waals surface area contributed by atoms with E-state index in [2.05, 4.69) is 10.3 Å². The van der Waals surface area contributed by atoms with Crippen LogP contribution < -0.4 is 10.1 Å². The molecule has 0 aliphatic heterocycles. The van der Waals surface area contributed by atoms with E-state index < -0.39 is 0 Å². The van der Waals surface area contributed by atoms with E-state index in [1.807, 2.05) is 37.3 Å². The molecule has 0 spiro atoms. The highest BCUT2D eigenvalue weighted by molar-refractivity contribution is 6.01. The first-order valence-corrected chi connectivity index (χ1v) is 7.93. The number of nitrogens with zero attached hydrogens (tertiary/aromatic N) is 1. The molecule has 0 bridgehead atoms. The lowest BCUT2D eigenvalue weighted by atomic mass is 10.1. The minimum Gasteiger partial charge on any atom is -0.484 e. The molecule has 25 heavy (non-hydrogen) atoms. The Morgan fingerprint density at radius 1 is 1.08 bits per heavy atom. The number of ether oxygens (including phenoxy) is 1. The molecule has 0 unspecified atom stereocenters. The molecule has 3 rings (SSSR count). The lowest BCUT2D eigenvalue weighted by molar-refractivity contribution is -0.118. The average molecular weight is 334 g/mol. The molecule has 126 valence electrons. The molecule has 1 heterocycles. The summed E-state index contributed by atoms with van der Waals surface area (Å²) < 4.78 is 5.49. The van der Waals surface area contributed by atoms with Gasteiger partial charge in [0, 0.05) is 16.6 Å². The molecule has 0 saturated carbocycles. The van der Waals surface area contributed by atoms with Crippen molar-refractivity contribution in [3.05, 3.63) is 65.9 Å². The number of ketones is 1. The number of carbonyl (C=O) groups excluding carboxylic acids is 2. The van der Waals surface area contributed by atoms with Crippen LogP contribution in [-0.2, 0) is 4.79 Å². The number of benzene rings is 2. The van der Waals surface area contributed by atoms with Gasteiger partial charge in [0.15, 0.2) is 12.4 Å². The summed E-state index contributed by atoms with van der Waals surface area (Å²) in [6.45, 7) is 3.23. The Morgan fingerprint density at radius 2 is 1.88 bits per heavy atom. The summed E-state index contributed by atoms with van der Waals surface area (Å²) in [6.07, 6.45) is 0. The number of fused-ring (bicyclic) bond motifs is 1. The lowest BCUT2D eigenvalue weighted by Crippen LogP contribution is -2.20. The summed E-state index contributed by atoms with van der Waals surface area (Å²) in [5, 5.41) is 3.74. The van der Waals surface area contributed by atoms with E-state index in [1.165, 1.54) is 6.92 Å². The SMILES string of the molecule is CC(=O)c1cccc(OCC(=O)Nc2cc(C)nc3ccccc23)c1. The minimum atomic E-state index is -0.274. The number of nitrogens with one attached hydrogen (secondary N) is 1. The van der Waals surface area contributed by atoms with Crippen LogP contribution in [0.2, 0.25) is 0 Å². The van der Waals surface area contributed by atoms with E-state index in [4.69, 9.17) is 4.74 Å². The highest BCUT2D eigenvalue weighted by Crippen LogP contribution is 2.23. The first-order valence-electron chi connectivity index (χ1n) is 7.93. The summed E-state index contributed by atoms with van der Waals surface area (Å²) in [4.78, 5) is 28.1. The molecule has 5 nitrogen and oxygen atoms in total. The van der Waals surface area contributed by atoms with Gasteiger partial charge in [0.1, 0.15) is 5.75 Å². The first kappa shape index (κ1) is 16.6. The van der Waals surface area contributed by atoms with Gasteiger partial charge in [-0.3, -0.25) is 14.6 Å². The van der Waals surface area contributed by atoms with E-state index in [9.17, 15) is 9.59 Å². The van der Waals surface area contributed by atoms with Crippen LogP contribution in [0.3, 0.4) is 0 Å². The van der Waals surface area contributed by atoms with Crippen LogP contribution in [-0.4, -0.2) is 23.3 Å². The zero-order valence-corrected chi connectivity index (χ0v) is 14.1. The Bertz CT molecular complexity index is 951. The van der Waals surface area contributed by atoms with E-state index in [1.54, 1.807) is 24.3 Å². The van der Waals surface area contributed by atoms with Crippen molar-refractivity contribution in [2.45, 2.75) is 13.8 Å². The molecule has 0 fully saturated rings. The number of amides is 1. The van der Waals surface area contributed by atoms with Crippen molar-refractivity contribution in [2.24, 2.45) is 0 Å². The number of rotatable bonds is 5. The number of aromatic nitrogens is 1. The maximum atomic E-state index is 12.2. The third-order valence-corrected chi connectivity index (χ3v) is 3.73. The van der Waals surface area contributed by atoms with E-state index in [-0.39, 0.29) is 18.3 Å². The van der Waals surface area contributed by atoms with Crippen LogP contribution in [0.25, 0.3) is 10.9 Å².